The van der Waals surface area contributed by atoms with E-state index in [0.29, 0.717) is 0 Å². The van der Waals surface area contributed by atoms with Crippen molar-refractivity contribution < 1.29 is 14.1 Å². The minimum atomic E-state index is -0.628. The van der Waals surface area contributed by atoms with Crippen LogP contribution in [0.1, 0.15) is 10.4 Å². The molecule has 0 radical (unpaired) electrons. The fraction of sp³-hybridized carbons (Fsp3) is 0. The third kappa shape index (κ3) is 3.68. The summed E-state index contributed by atoms with van der Waals surface area (Å²) in [7, 11) is 0. The van der Waals surface area contributed by atoms with Gasteiger partial charge >= 0.3 is 0 Å². The minimum absolute atomic E-state index is 0.0302. The van der Waals surface area contributed by atoms with Crippen LogP contribution in [-0.2, 0) is 0 Å². The molecular formula is C13H7Cl2FN2O3. The largest absolute Gasteiger partial charge is 0.322 e. The summed E-state index contributed by atoms with van der Waals surface area (Å²) < 4.78 is 13.2. The molecule has 2 aromatic rings. The molecule has 0 saturated heterocycles. The van der Waals surface area contributed by atoms with Crippen LogP contribution < -0.4 is 5.32 Å². The summed E-state index contributed by atoms with van der Waals surface area (Å²) in [5.41, 5.74) is -0.0487. The number of carbonyl (C=O) groups is 1. The van der Waals surface area contributed by atoms with Gasteiger partial charge in [-0.1, -0.05) is 23.2 Å². The number of amides is 1. The number of nitrogens with zero attached hydrogens (tertiary/aromatic N) is 1. The van der Waals surface area contributed by atoms with Gasteiger partial charge in [-0.05, 0) is 24.3 Å². The van der Waals surface area contributed by atoms with Crippen LogP contribution >= 0.6 is 23.2 Å². The number of benzene rings is 2. The zero-order chi connectivity index (χ0) is 15.6. The SMILES string of the molecule is O=C(Nc1cc(F)cc(Cl)c1)c1ccc([N+](=O)[O-])cc1Cl. The molecule has 2 aromatic carbocycles. The van der Waals surface area contributed by atoms with E-state index in [9.17, 15) is 19.3 Å². The van der Waals surface area contributed by atoms with Gasteiger partial charge in [-0.15, -0.1) is 0 Å². The lowest BCUT2D eigenvalue weighted by molar-refractivity contribution is -0.384. The highest BCUT2D eigenvalue weighted by Crippen LogP contribution is 2.24. The second kappa shape index (κ2) is 6.07. The average molecular weight is 329 g/mol. The zero-order valence-electron chi connectivity index (χ0n) is 10.3. The highest BCUT2D eigenvalue weighted by molar-refractivity contribution is 6.34. The normalized spacial score (nSPS) is 10.2. The van der Waals surface area contributed by atoms with Gasteiger partial charge in [-0.2, -0.15) is 0 Å². The first-order chi connectivity index (χ1) is 9.86. The number of rotatable bonds is 3. The number of halogens is 3. The van der Waals surface area contributed by atoms with E-state index in [2.05, 4.69) is 5.32 Å². The summed E-state index contributed by atoms with van der Waals surface area (Å²) in [6.07, 6.45) is 0. The monoisotopic (exact) mass is 328 g/mol. The summed E-state index contributed by atoms with van der Waals surface area (Å²) in [6.45, 7) is 0. The van der Waals surface area contributed by atoms with Gasteiger partial charge in [0, 0.05) is 22.8 Å². The molecule has 0 atom stereocenters. The van der Waals surface area contributed by atoms with Crippen LogP contribution in [0.4, 0.5) is 15.8 Å². The number of nitrogens with one attached hydrogen (secondary N) is 1. The first-order valence-electron chi connectivity index (χ1n) is 5.58. The lowest BCUT2D eigenvalue weighted by atomic mass is 10.2. The Bertz CT molecular complexity index is 717. The standard InChI is InChI=1S/C13H7Cl2FN2O3/c14-7-3-8(16)5-9(4-7)17-13(19)11-2-1-10(18(20)21)6-12(11)15/h1-6H,(H,17,19). The number of nitro benzene ring substituents is 1. The predicted octanol–water partition coefficient (Wildman–Crippen LogP) is 4.29. The van der Waals surface area contributed by atoms with Crippen LogP contribution in [0.2, 0.25) is 10.0 Å². The summed E-state index contributed by atoms with van der Waals surface area (Å²) in [4.78, 5) is 22.0. The third-order valence-corrected chi connectivity index (χ3v) is 3.06. The minimum Gasteiger partial charge on any atom is -0.322 e. The lowest BCUT2D eigenvalue weighted by Crippen LogP contribution is -2.12. The quantitative estimate of drug-likeness (QED) is 0.674. The van der Waals surface area contributed by atoms with Gasteiger partial charge < -0.3 is 5.32 Å². The Hall–Kier alpha value is -2.18. The molecule has 21 heavy (non-hydrogen) atoms. The second-order valence-corrected chi connectivity index (χ2v) is 4.88. The first kappa shape index (κ1) is 15.2. The van der Waals surface area contributed by atoms with Gasteiger partial charge in [0.15, 0.2) is 0 Å². The van der Waals surface area contributed by atoms with Gasteiger partial charge in [0.25, 0.3) is 11.6 Å². The number of non-ortho nitro benzene ring substituents is 1. The van der Waals surface area contributed by atoms with Crippen molar-refractivity contribution >= 4 is 40.5 Å². The molecule has 0 aliphatic heterocycles. The Morgan fingerprint density at radius 2 is 1.90 bits per heavy atom. The molecule has 0 heterocycles. The molecule has 0 aliphatic rings. The van der Waals surface area contributed by atoms with Crippen molar-refractivity contribution in [3.05, 3.63) is 67.9 Å². The molecular weight excluding hydrogens is 322 g/mol. The van der Waals surface area contributed by atoms with E-state index >= 15 is 0 Å². The van der Waals surface area contributed by atoms with Crippen molar-refractivity contribution in [3.63, 3.8) is 0 Å². The van der Waals surface area contributed by atoms with Crippen molar-refractivity contribution in [3.8, 4) is 0 Å². The smallest absolute Gasteiger partial charge is 0.270 e. The van der Waals surface area contributed by atoms with Crippen molar-refractivity contribution in [1.29, 1.82) is 0 Å². The maximum Gasteiger partial charge on any atom is 0.270 e. The van der Waals surface area contributed by atoms with Crippen molar-refractivity contribution in [1.82, 2.24) is 0 Å². The molecule has 1 N–H and O–H groups in total. The van der Waals surface area contributed by atoms with Crippen LogP contribution in [0.25, 0.3) is 0 Å². The molecule has 108 valence electrons. The highest BCUT2D eigenvalue weighted by atomic mass is 35.5. The van der Waals surface area contributed by atoms with Gasteiger partial charge in [0.1, 0.15) is 5.82 Å². The molecule has 0 aliphatic carbocycles. The van der Waals surface area contributed by atoms with Crippen LogP contribution in [0, 0.1) is 15.9 Å². The van der Waals surface area contributed by atoms with Gasteiger partial charge in [-0.3, -0.25) is 14.9 Å². The van der Waals surface area contributed by atoms with Crippen LogP contribution in [-0.4, -0.2) is 10.8 Å². The number of anilines is 1. The Kier molecular flexibility index (Phi) is 4.40. The molecule has 8 heteroatoms. The number of nitro groups is 1. The molecule has 0 fully saturated rings. The van der Waals surface area contributed by atoms with Crippen LogP contribution in [0.5, 0.6) is 0 Å². The third-order valence-electron chi connectivity index (χ3n) is 2.53. The Balaban J connectivity index is 2.26. The van der Waals surface area contributed by atoms with Crippen molar-refractivity contribution in [2.24, 2.45) is 0 Å². The number of hydrogen-bond donors (Lipinski definition) is 1. The Morgan fingerprint density at radius 1 is 1.19 bits per heavy atom. The van der Waals surface area contributed by atoms with E-state index < -0.39 is 16.6 Å². The lowest BCUT2D eigenvalue weighted by Gasteiger charge is -2.07. The molecule has 0 aromatic heterocycles. The van der Waals surface area contributed by atoms with E-state index in [0.717, 1.165) is 24.3 Å². The Labute approximate surface area is 128 Å². The van der Waals surface area contributed by atoms with E-state index in [-0.39, 0.29) is 27.0 Å². The predicted molar refractivity (Wildman–Crippen MR) is 77.5 cm³/mol. The highest BCUT2D eigenvalue weighted by Gasteiger charge is 2.15. The molecule has 0 bridgehead atoms. The second-order valence-electron chi connectivity index (χ2n) is 4.03. The molecule has 2 rings (SSSR count). The number of carbonyl (C=O) groups excluding carboxylic acids is 1. The molecule has 0 unspecified atom stereocenters. The summed E-state index contributed by atoms with van der Waals surface area (Å²) in [5.74, 6) is -1.23. The topological polar surface area (TPSA) is 72.2 Å². The van der Waals surface area contributed by atoms with Gasteiger partial charge in [0.05, 0.1) is 15.5 Å². The van der Waals surface area contributed by atoms with Crippen molar-refractivity contribution in [2.45, 2.75) is 0 Å². The van der Waals surface area contributed by atoms with E-state index in [4.69, 9.17) is 23.2 Å². The van der Waals surface area contributed by atoms with Crippen LogP contribution in [0.15, 0.2) is 36.4 Å². The maximum atomic E-state index is 13.2. The summed E-state index contributed by atoms with van der Waals surface area (Å²) in [5, 5.41) is 13.0. The van der Waals surface area contributed by atoms with E-state index in [1.54, 1.807) is 0 Å². The maximum absolute atomic E-state index is 13.2. The van der Waals surface area contributed by atoms with Gasteiger partial charge in [-0.25, -0.2) is 4.39 Å². The fourth-order valence-corrected chi connectivity index (χ4v) is 2.11. The van der Waals surface area contributed by atoms with Gasteiger partial charge in [0.2, 0.25) is 0 Å². The zero-order valence-corrected chi connectivity index (χ0v) is 11.8. The summed E-state index contributed by atoms with van der Waals surface area (Å²) >= 11 is 11.5. The fourth-order valence-electron chi connectivity index (χ4n) is 1.63. The molecule has 1 amide bonds. The van der Waals surface area contributed by atoms with Crippen LogP contribution in [0.3, 0.4) is 0 Å². The average Bonchev–Trinajstić information content (AvgIpc) is 2.36. The van der Waals surface area contributed by atoms with E-state index in [1.165, 1.54) is 12.1 Å². The molecule has 0 spiro atoms. The molecule has 0 saturated carbocycles. The first-order valence-corrected chi connectivity index (χ1v) is 6.34. The number of hydrogen-bond acceptors (Lipinski definition) is 3. The summed E-state index contributed by atoms with van der Waals surface area (Å²) in [6, 6.07) is 6.98. The van der Waals surface area contributed by atoms with Crippen molar-refractivity contribution in [2.75, 3.05) is 5.32 Å². The van der Waals surface area contributed by atoms with E-state index in [1.807, 2.05) is 0 Å². The molecule has 5 nitrogen and oxygen atoms in total. The Morgan fingerprint density at radius 3 is 2.48 bits per heavy atom.